The van der Waals surface area contributed by atoms with Crippen molar-refractivity contribution in [3.8, 4) is 0 Å². The Labute approximate surface area is 186 Å². The van der Waals surface area contributed by atoms with Crippen molar-refractivity contribution < 1.29 is 27.6 Å². The van der Waals surface area contributed by atoms with Crippen molar-refractivity contribution in [2.24, 2.45) is 0 Å². The van der Waals surface area contributed by atoms with Crippen LogP contribution in [-0.4, -0.2) is 46.9 Å². The average molecular weight is 457 g/mol. The van der Waals surface area contributed by atoms with Crippen molar-refractivity contribution in [2.45, 2.75) is 50.3 Å². The van der Waals surface area contributed by atoms with E-state index in [-0.39, 0.29) is 11.4 Å². The molecular formula is C21H24BN3O6S. The number of carboxylic acid groups (broad SMARTS) is 1. The number of amides is 1. The Morgan fingerprint density at radius 3 is 2.47 bits per heavy atom. The first-order valence-electron chi connectivity index (χ1n) is 10.0. The molecule has 1 amide bonds. The summed E-state index contributed by atoms with van der Waals surface area (Å²) in [6.45, 7) is 7.72. The molecule has 11 heteroatoms. The van der Waals surface area contributed by atoms with Gasteiger partial charge in [-0.15, -0.1) is 0 Å². The van der Waals surface area contributed by atoms with Gasteiger partial charge in [-0.1, -0.05) is 12.1 Å². The molecule has 0 radical (unpaired) electrons. The van der Waals surface area contributed by atoms with E-state index in [0.29, 0.717) is 21.9 Å². The van der Waals surface area contributed by atoms with E-state index in [1.54, 1.807) is 24.3 Å². The summed E-state index contributed by atoms with van der Waals surface area (Å²) in [7, 11) is -4.64. The zero-order chi connectivity index (χ0) is 23.3. The Morgan fingerprint density at radius 1 is 1.19 bits per heavy atom. The van der Waals surface area contributed by atoms with Crippen LogP contribution in [0.1, 0.15) is 33.3 Å². The van der Waals surface area contributed by atoms with Crippen molar-refractivity contribution >= 4 is 39.6 Å². The zero-order valence-electron chi connectivity index (χ0n) is 18.2. The summed E-state index contributed by atoms with van der Waals surface area (Å²) >= 11 is 0. The van der Waals surface area contributed by atoms with E-state index in [1.165, 1.54) is 24.7 Å². The second-order valence-electron chi connectivity index (χ2n) is 8.67. The second kappa shape index (κ2) is 7.61. The predicted molar refractivity (Wildman–Crippen MR) is 119 cm³/mol. The van der Waals surface area contributed by atoms with E-state index in [2.05, 4.69) is 10.3 Å². The van der Waals surface area contributed by atoms with E-state index < -0.39 is 34.4 Å². The van der Waals surface area contributed by atoms with Crippen LogP contribution in [0.3, 0.4) is 0 Å². The van der Waals surface area contributed by atoms with Gasteiger partial charge >= 0.3 is 13.2 Å². The average Bonchev–Trinajstić information content (AvgIpc) is 3.20. The summed E-state index contributed by atoms with van der Waals surface area (Å²) < 4.78 is 40.1. The number of aromatic nitrogens is 2. The second-order valence-corrected chi connectivity index (χ2v) is 10.5. The highest BCUT2D eigenvalue weighted by molar-refractivity contribution is 7.90. The fourth-order valence-electron chi connectivity index (χ4n) is 3.53. The third-order valence-corrected chi connectivity index (χ3v) is 7.68. The maximum atomic E-state index is 13.4. The van der Waals surface area contributed by atoms with Crippen molar-refractivity contribution in [3.63, 3.8) is 0 Å². The molecule has 0 aliphatic carbocycles. The summed E-state index contributed by atoms with van der Waals surface area (Å²) in [5.74, 6) is 0. The first kappa shape index (κ1) is 22.3. The van der Waals surface area contributed by atoms with Gasteiger partial charge in [-0.3, -0.25) is 4.98 Å². The molecule has 1 aliphatic rings. The van der Waals surface area contributed by atoms with Gasteiger partial charge in [0.15, 0.2) is 0 Å². The minimum absolute atomic E-state index is 0.0238. The van der Waals surface area contributed by atoms with Gasteiger partial charge in [0.05, 0.1) is 16.7 Å². The molecule has 0 spiro atoms. The number of carbonyl (C=O) groups is 1. The van der Waals surface area contributed by atoms with Gasteiger partial charge in [-0.2, -0.15) is 0 Å². The first-order valence-corrected chi connectivity index (χ1v) is 11.5. The van der Waals surface area contributed by atoms with Crippen LogP contribution in [0.15, 0.2) is 53.8 Å². The Hall–Kier alpha value is -2.89. The van der Waals surface area contributed by atoms with Crippen LogP contribution in [0.25, 0.3) is 10.9 Å². The SMILES string of the molecule is CC1(C)OB(c2ccc3c(CNC(=O)O)cn(S(=O)(=O)c4cccnc4)c3c2)OC1(C)C. The number of pyridine rings is 1. The number of nitrogens with zero attached hydrogens (tertiary/aromatic N) is 2. The van der Waals surface area contributed by atoms with Gasteiger partial charge in [-0.25, -0.2) is 17.2 Å². The lowest BCUT2D eigenvalue weighted by molar-refractivity contribution is 0.00578. The Morgan fingerprint density at radius 2 is 1.88 bits per heavy atom. The highest BCUT2D eigenvalue weighted by Gasteiger charge is 2.51. The van der Waals surface area contributed by atoms with E-state index >= 15 is 0 Å². The van der Waals surface area contributed by atoms with Crippen LogP contribution in [0.4, 0.5) is 4.79 Å². The zero-order valence-corrected chi connectivity index (χ0v) is 19.0. The molecular weight excluding hydrogens is 433 g/mol. The van der Waals surface area contributed by atoms with Crippen LogP contribution in [0.2, 0.25) is 0 Å². The molecule has 0 unspecified atom stereocenters. The van der Waals surface area contributed by atoms with Crippen LogP contribution >= 0.6 is 0 Å². The highest BCUT2D eigenvalue weighted by Crippen LogP contribution is 2.37. The van der Waals surface area contributed by atoms with Gasteiger partial charge in [0, 0.05) is 30.5 Å². The molecule has 3 heterocycles. The van der Waals surface area contributed by atoms with Gasteiger partial charge < -0.3 is 19.7 Å². The number of nitrogens with one attached hydrogen (secondary N) is 1. The largest absolute Gasteiger partial charge is 0.494 e. The molecule has 3 aromatic rings. The highest BCUT2D eigenvalue weighted by atomic mass is 32.2. The number of benzene rings is 1. The van der Waals surface area contributed by atoms with E-state index in [9.17, 15) is 13.2 Å². The molecule has 1 aromatic carbocycles. The fourth-order valence-corrected chi connectivity index (χ4v) is 4.88. The topological polar surface area (TPSA) is 120 Å². The van der Waals surface area contributed by atoms with E-state index in [4.69, 9.17) is 14.4 Å². The van der Waals surface area contributed by atoms with E-state index in [0.717, 1.165) is 3.97 Å². The third-order valence-electron chi connectivity index (χ3n) is 6.02. The first-order chi connectivity index (χ1) is 14.9. The lowest BCUT2D eigenvalue weighted by Gasteiger charge is -2.32. The minimum atomic E-state index is -3.97. The third kappa shape index (κ3) is 3.76. The van der Waals surface area contributed by atoms with Crippen molar-refractivity contribution in [1.82, 2.24) is 14.3 Å². The lowest BCUT2D eigenvalue weighted by atomic mass is 9.79. The molecule has 32 heavy (non-hydrogen) atoms. The summed E-state index contributed by atoms with van der Waals surface area (Å²) in [6, 6.07) is 8.26. The maximum Gasteiger partial charge on any atom is 0.494 e. The number of hydrogen-bond donors (Lipinski definition) is 2. The summed E-state index contributed by atoms with van der Waals surface area (Å²) in [4.78, 5) is 14.9. The normalized spacial score (nSPS) is 17.6. The van der Waals surface area contributed by atoms with Gasteiger partial charge in [-0.05, 0) is 56.9 Å². The molecule has 168 valence electrons. The number of fused-ring (bicyclic) bond motifs is 1. The van der Waals surface area contributed by atoms with Crippen LogP contribution < -0.4 is 10.8 Å². The molecule has 1 aliphatic heterocycles. The van der Waals surface area contributed by atoms with E-state index in [1.807, 2.05) is 27.7 Å². The summed E-state index contributed by atoms with van der Waals surface area (Å²) in [5.41, 5.74) is 0.480. The predicted octanol–water partition coefficient (Wildman–Crippen LogP) is 2.34. The monoisotopic (exact) mass is 457 g/mol. The molecule has 0 saturated carbocycles. The van der Waals surface area contributed by atoms with Crippen LogP contribution in [0, 0.1) is 0 Å². The standard InChI is InChI=1S/C21H24BN3O6S/c1-20(2)21(3,4)31-22(30-20)15-7-8-17-14(11-24-19(26)27)13-25(18(17)10-15)32(28,29)16-6-5-9-23-12-16/h5-10,12-13,24H,11H2,1-4H3,(H,26,27). The molecule has 1 fully saturated rings. The molecule has 0 bridgehead atoms. The molecule has 2 N–H and O–H groups in total. The minimum Gasteiger partial charge on any atom is -0.465 e. The maximum absolute atomic E-state index is 13.4. The Kier molecular flexibility index (Phi) is 5.31. The quantitative estimate of drug-likeness (QED) is 0.565. The van der Waals surface area contributed by atoms with Gasteiger partial charge in [0.1, 0.15) is 4.90 Å². The smallest absolute Gasteiger partial charge is 0.465 e. The Bertz CT molecular complexity index is 1270. The van der Waals surface area contributed by atoms with Gasteiger partial charge in [0.2, 0.25) is 0 Å². The van der Waals surface area contributed by atoms with Crippen molar-refractivity contribution in [3.05, 3.63) is 54.5 Å². The number of hydrogen-bond acceptors (Lipinski definition) is 6. The number of rotatable bonds is 5. The van der Waals surface area contributed by atoms with Gasteiger partial charge in [0.25, 0.3) is 10.0 Å². The van der Waals surface area contributed by atoms with Crippen molar-refractivity contribution in [1.29, 1.82) is 0 Å². The van der Waals surface area contributed by atoms with Crippen LogP contribution in [-0.2, 0) is 25.9 Å². The summed E-state index contributed by atoms with van der Waals surface area (Å²) in [5, 5.41) is 11.9. The summed E-state index contributed by atoms with van der Waals surface area (Å²) in [6.07, 6.45) is 2.99. The molecule has 0 atom stereocenters. The lowest BCUT2D eigenvalue weighted by Crippen LogP contribution is -2.41. The molecule has 4 rings (SSSR count). The Balaban J connectivity index is 1.85. The molecule has 2 aromatic heterocycles. The van der Waals surface area contributed by atoms with Crippen LogP contribution in [0.5, 0.6) is 0 Å². The molecule has 1 saturated heterocycles. The fraction of sp³-hybridized carbons (Fsp3) is 0.333. The van der Waals surface area contributed by atoms with Crippen molar-refractivity contribution in [2.75, 3.05) is 0 Å². The molecule has 9 nitrogen and oxygen atoms in total.